The van der Waals surface area contributed by atoms with E-state index in [1.807, 2.05) is 0 Å². The third kappa shape index (κ3) is 5.04. The fourth-order valence-corrected chi connectivity index (χ4v) is 2.29. The van der Waals surface area contributed by atoms with E-state index in [0.717, 1.165) is 45.8 Å². The lowest BCUT2D eigenvalue weighted by atomic mass is 10.2. The summed E-state index contributed by atoms with van der Waals surface area (Å²) in [4.78, 5) is 12.2. The summed E-state index contributed by atoms with van der Waals surface area (Å²) in [6, 6.07) is 4.00. The van der Waals surface area contributed by atoms with Crippen LogP contribution < -0.4 is 5.32 Å². The number of halogens is 1. The molecule has 0 aromatic heterocycles. The number of hydrogen-bond acceptors (Lipinski definition) is 5. The highest BCUT2D eigenvalue weighted by atomic mass is 19.1. The van der Waals surface area contributed by atoms with Crippen LogP contribution in [0.3, 0.4) is 0 Å². The van der Waals surface area contributed by atoms with Crippen LogP contribution in [-0.2, 0) is 11.3 Å². The van der Waals surface area contributed by atoms with Gasteiger partial charge in [0, 0.05) is 25.7 Å². The van der Waals surface area contributed by atoms with Crippen LogP contribution >= 0.6 is 0 Å². The molecule has 1 aliphatic rings. The van der Waals surface area contributed by atoms with Gasteiger partial charge in [-0.1, -0.05) is 6.07 Å². The second-order valence-electron chi connectivity index (χ2n) is 5.03. The van der Waals surface area contributed by atoms with Gasteiger partial charge in [0.2, 0.25) is 5.82 Å². The van der Waals surface area contributed by atoms with E-state index in [0.29, 0.717) is 12.1 Å². The van der Waals surface area contributed by atoms with Crippen molar-refractivity contribution in [2.24, 2.45) is 0 Å². The van der Waals surface area contributed by atoms with Crippen LogP contribution in [0.1, 0.15) is 12.0 Å². The Morgan fingerprint density at radius 3 is 2.81 bits per heavy atom. The second kappa shape index (κ2) is 8.02. The van der Waals surface area contributed by atoms with Gasteiger partial charge in [-0.05, 0) is 31.1 Å². The first-order valence-corrected chi connectivity index (χ1v) is 7.10. The van der Waals surface area contributed by atoms with E-state index in [1.54, 1.807) is 6.07 Å². The molecule has 1 fully saturated rings. The zero-order chi connectivity index (χ0) is 15.1. The number of benzene rings is 1. The summed E-state index contributed by atoms with van der Waals surface area (Å²) in [6.07, 6.45) is 1.01. The van der Waals surface area contributed by atoms with E-state index in [2.05, 4.69) is 10.2 Å². The molecule has 1 aliphatic heterocycles. The van der Waals surface area contributed by atoms with Crippen LogP contribution in [0.25, 0.3) is 0 Å². The molecule has 1 N–H and O–H groups in total. The maximum atomic E-state index is 13.4. The van der Waals surface area contributed by atoms with Crippen LogP contribution in [0.5, 0.6) is 0 Å². The van der Waals surface area contributed by atoms with Gasteiger partial charge in [-0.25, -0.2) is 0 Å². The largest absolute Gasteiger partial charge is 0.379 e. The van der Waals surface area contributed by atoms with Gasteiger partial charge in [0.05, 0.1) is 18.1 Å². The van der Waals surface area contributed by atoms with Crippen LogP contribution in [0.15, 0.2) is 18.2 Å². The molecule has 0 aliphatic carbocycles. The molecule has 1 heterocycles. The van der Waals surface area contributed by atoms with Crippen LogP contribution in [0.4, 0.5) is 10.1 Å². The molecule has 0 unspecified atom stereocenters. The van der Waals surface area contributed by atoms with Crippen LogP contribution in [0.2, 0.25) is 0 Å². The van der Waals surface area contributed by atoms with Crippen molar-refractivity contribution in [3.8, 4) is 0 Å². The molecule has 0 spiro atoms. The Kier molecular flexibility index (Phi) is 6.04. The molecule has 1 saturated heterocycles. The molecule has 21 heavy (non-hydrogen) atoms. The standard InChI is InChI=1S/C14H20FN3O3/c15-13-10-12(2-3-14(13)18(19)20)11-16-4-1-5-17-6-8-21-9-7-17/h2-3,10,16H,1,4-9,11H2. The van der Waals surface area contributed by atoms with E-state index < -0.39 is 16.4 Å². The van der Waals surface area contributed by atoms with Crippen molar-refractivity contribution < 1.29 is 14.1 Å². The minimum atomic E-state index is -0.785. The number of nitro groups is 1. The fourth-order valence-electron chi connectivity index (χ4n) is 2.29. The summed E-state index contributed by atoms with van der Waals surface area (Å²) in [6.45, 7) is 5.92. The first-order chi connectivity index (χ1) is 10.2. The first-order valence-electron chi connectivity index (χ1n) is 7.10. The molecule has 0 bridgehead atoms. The molecule has 0 amide bonds. The van der Waals surface area contributed by atoms with Gasteiger partial charge in [0.25, 0.3) is 0 Å². The summed E-state index contributed by atoms with van der Waals surface area (Å²) >= 11 is 0. The highest BCUT2D eigenvalue weighted by Crippen LogP contribution is 2.17. The molecule has 0 radical (unpaired) electrons. The zero-order valence-electron chi connectivity index (χ0n) is 11.9. The molecule has 1 aromatic rings. The minimum absolute atomic E-state index is 0.480. The fraction of sp³-hybridized carbons (Fsp3) is 0.571. The number of hydrogen-bond donors (Lipinski definition) is 1. The lowest BCUT2D eigenvalue weighted by molar-refractivity contribution is -0.387. The Morgan fingerprint density at radius 2 is 2.14 bits per heavy atom. The van der Waals surface area contributed by atoms with E-state index in [9.17, 15) is 14.5 Å². The van der Waals surface area contributed by atoms with Crippen molar-refractivity contribution in [3.63, 3.8) is 0 Å². The van der Waals surface area contributed by atoms with E-state index in [1.165, 1.54) is 12.1 Å². The molecule has 1 aromatic carbocycles. The Bertz CT molecular complexity index is 479. The van der Waals surface area contributed by atoms with Crippen molar-refractivity contribution >= 4 is 5.69 Å². The third-order valence-electron chi connectivity index (χ3n) is 3.47. The first kappa shape index (κ1) is 15.8. The van der Waals surface area contributed by atoms with Gasteiger partial charge in [-0.2, -0.15) is 4.39 Å². The highest BCUT2D eigenvalue weighted by molar-refractivity contribution is 5.34. The summed E-state index contributed by atoms with van der Waals surface area (Å²) in [5, 5.41) is 13.7. The van der Waals surface area contributed by atoms with Gasteiger partial charge < -0.3 is 10.1 Å². The van der Waals surface area contributed by atoms with Crippen LogP contribution in [-0.4, -0.2) is 49.2 Å². The monoisotopic (exact) mass is 297 g/mol. The topological polar surface area (TPSA) is 67.6 Å². The summed E-state index contributed by atoms with van der Waals surface area (Å²) in [5.74, 6) is -0.785. The van der Waals surface area contributed by atoms with E-state index >= 15 is 0 Å². The summed E-state index contributed by atoms with van der Waals surface area (Å²) in [7, 11) is 0. The number of nitrogens with one attached hydrogen (secondary N) is 1. The van der Waals surface area contributed by atoms with Gasteiger partial charge in [0.1, 0.15) is 0 Å². The number of rotatable bonds is 7. The van der Waals surface area contributed by atoms with Crippen LogP contribution in [0, 0.1) is 15.9 Å². The van der Waals surface area contributed by atoms with Crippen molar-refractivity contribution in [3.05, 3.63) is 39.7 Å². The number of nitro benzene ring substituents is 1. The normalized spacial score (nSPS) is 16.0. The van der Waals surface area contributed by atoms with Gasteiger partial charge in [-0.15, -0.1) is 0 Å². The average Bonchev–Trinajstić information content (AvgIpc) is 2.47. The smallest absolute Gasteiger partial charge is 0.304 e. The lowest BCUT2D eigenvalue weighted by Crippen LogP contribution is -2.37. The van der Waals surface area contributed by atoms with Crippen molar-refractivity contribution in [1.29, 1.82) is 0 Å². The molecule has 0 atom stereocenters. The van der Waals surface area contributed by atoms with Crippen molar-refractivity contribution in [1.82, 2.24) is 10.2 Å². The molecule has 2 rings (SSSR count). The second-order valence-corrected chi connectivity index (χ2v) is 5.03. The Morgan fingerprint density at radius 1 is 1.38 bits per heavy atom. The maximum absolute atomic E-state index is 13.4. The number of nitrogens with zero attached hydrogens (tertiary/aromatic N) is 2. The third-order valence-corrected chi connectivity index (χ3v) is 3.47. The molecular formula is C14H20FN3O3. The number of ether oxygens (including phenoxy) is 1. The predicted octanol–water partition coefficient (Wildman–Crippen LogP) is 1.55. The Labute approximate surface area is 123 Å². The van der Waals surface area contributed by atoms with Gasteiger partial charge in [-0.3, -0.25) is 15.0 Å². The van der Waals surface area contributed by atoms with Crippen molar-refractivity contribution in [2.45, 2.75) is 13.0 Å². The number of morpholine rings is 1. The lowest BCUT2D eigenvalue weighted by Gasteiger charge is -2.26. The summed E-state index contributed by atoms with van der Waals surface area (Å²) < 4.78 is 18.7. The van der Waals surface area contributed by atoms with E-state index in [-0.39, 0.29) is 0 Å². The molecular weight excluding hydrogens is 277 g/mol. The molecule has 0 saturated carbocycles. The Hall–Kier alpha value is -1.57. The SMILES string of the molecule is O=[N+]([O-])c1ccc(CNCCCN2CCOCC2)cc1F. The quantitative estimate of drug-likeness (QED) is 0.470. The van der Waals surface area contributed by atoms with E-state index in [4.69, 9.17) is 4.74 Å². The van der Waals surface area contributed by atoms with Crippen molar-refractivity contribution in [2.75, 3.05) is 39.4 Å². The average molecular weight is 297 g/mol. The highest BCUT2D eigenvalue weighted by Gasteiger charge is 2.13. The van der Waals surface area contributed by atoms with Gasteiger partial charge >= 0.3 is 5.69 Å². The Balaban J connectivity index is 1.66. The minimum Gasteiger partial charge on any atom is -0.379 e. The molecule has 7 heteroatoms. The van der Waals surface area contributed by atoms with Gasteiger partial charge in [0.15, 0.2) is 0 Å². The molecule has 116 valence electrons. The molecule has 6 nitrogen and oxygen atoms in total. The maximum Gasteiger partial charge on any atom is 0.304 e. The zero-order valence-corrected chi connectivity index (χ0v) is 11.9. The predicted molar refractivity (Wildman–Crippen MR) is 76.6 cm³/mol. The summed E-state index contributed by atoms with van der Waals surface area (Å²) in [5.41, 5.74) is 0.232.